The topological polar surface area (TPSA) is 77.3 Å². The molecule has 0 atom stereocenters. The van der Waals surface area contributed by atoms with Crippen LogP contribution in [0.5, 0.6) is 0 Å². The summed E-state index contributed by atoms with van der Waals surface area (Å²) in [5.74, 6) is -2.05. The maximum atomic E-state index is 14.0. The minimum Gasteiger partial charge on any atom is -0.465 e. The molecule has 7 nitrogen and oxygen atoms in total. The standard InChI is InChI=1S/C13H11Cl2FN2O.C10H6Cl3FO2.C4H10N2/c14-8-3-4-9(10(16)7-8)11-12(15)17-5-1-2-6-18(17)13(11)19;1-16-10(15)8(9(12)13)6-3-2-5(11)4-7(6)14;1-2-4-6-5-3-1/h3-4,7H,1-2,5-6H2;2-4H,1H3;5-6H,1-4H2. The maximum absolute atomic E-state index is 14.0. The number of nitrogens with zero attached hydrogens (tertiary/aromatic N) is 2. The molecular formula is C27H27Cl5F2N4O3. The van der Waals surface area contributed by atoms with Crippen molar-refractivity contribution in [3.63, 3.8) is 0 Å². The minimum absolute atomic E-state index is 0.0590. The van der Waals surface area contributed by atoms with Crippen LogP contribution in [0.25, 0.3) is 16.7 Å². The monoisotopic (exact) mass is 668 g/mol. The van der Waals surface area contributed by atoms with Gasteiger partial charge in [0.15, 0.2) is 0 Å². The fourth-order valence-electron chi connectivity index (χ4n) is 4.13. The van der Waals surface area contributed by atoms with Gasteiger partial charge in [0.1, 0.15) is 21.3 Å². The molecule has 0 aliphatic carbocycles. The molecule has 0 amide bonds. The lowest BCUT2D eigenvalue weighted by Crippen LogP contribution is -2.37. The van der Waals surface area contributed by atoms with E-state index in [4.69, 9.17) is 58.0 Å². The van der Waals surface area contributed by atoms with Gasteiger partial charge in [0.2, 0.25) is 0 Å². The van der Waals surface area contributed by atoms with Crippen LogP contribution in [-0.4, -0.2) is 35.5 Å². The van der Waals surface area contributed by atoms with E-state index in [1.165, 1.54) is 37.1 Å². The summed E-state index contributed by atoms with van der Waals surface area (Å²) in [5, 5.41) is 0.795. The van der Waals surface area contributed by atoms with Crippen LogP contribution < -0.4 is 16.4 Å². The minimum atomic E-state index is -0.818. The van der Waals surface area contributed by atoms with E-state index in [-0.39, 0.29) is 37.3 Å². The predicted octanol–water partition coefficient (Wildman–Crippen LogP) is 7.23. The number of hydrazine groups is 1. The van der Waals surface area contributed by atoms with Gasteiger partial charge in [-0.15, -0.1) is 0 Å². The SMILES string of the molecule is C1CCNNC1.COC(=O)C(=C(Cl)Cl)c1ccc(Cl)cc1F.O=c1c(-c2ccc(Cl)cc2F)c(Cl)n2n1CCCC2. The zero-order valence-electron chi connectivity index (χ0n) is 21.9. The highest BCUT2D eigenvalue weighted by molar-refractivity contribution is 6.61. The molecule has 0 radical (unpaired) electrons. The molecule has 1 aromatic heterocycles. The van der Waals surface area contributed by atoms with Crippen molar-refractivity contribution in [3.05, 3.63) is 83.6 Å². The molecule has 3 aromatic rings. The number of ether oxygens (including phenoxy) is 1. The van der Waals surface area contributed by atoms with Crippen LogP contribution in [0.1, 0.15) is 31.2 Å². The number of carbonyl (C=O) groups is 1. The number of benzene rings is 2. The molecule has 41 heavy (non-hydrogen) atoms. The van der Waals surface area contributed by atoms with Crippen molar-refractivity contribution in [2.45, 2.75) is 38.8 Å². The molecule has 2 aliphatic rings. The third kappa shape index (κ3) is 8.70. The summed E-state index contributed by atoms with van der Waals surface area (Å²) in [5.41, 5.74) is 5.95. The number of fused-ring (bicyclic) bond motifs is 1. The number of hydrogen-bond donors (Lipinski definition) is 2. The summed E-state index contributed by atoms with van der Waals surface area (Å²) < 4.78 is 34.9. The van der Waals surface area contributed by atoms with Gasteiger partial charge in [-0.25, -0.2) is 18.3 Å². The third-order valence-electron chi connectivity index (χ3n) is 6.12. The Balaban J connectivity index is 0.000000190. The summed E-state index contributed by atoms with van der Waals surface area (Å²) in [7, 11) is 1.15. The molecule has 0 spiro atoms. The van der Waals surface area contributed by atoms with Gasteiger partial charge < -0.3 is 4.74 Å². The van der Waals surface area contributed by atoms with E-state index in [9.17, 15) is 18.4 Å². The Hall–Kier alpha value is -2.11. The molecule has 5 rings (SSSR count). The van der Waals surface area contributed by atoms with Gasteiger partial charge in [0.25, 0.3) is 5.56 Å². The van der Waals surface area contributed by atoms with Crippen LogP contribution >= 0.6 is 58.0 Å². The normalized spacial score (nSPS) is 14.0. The number of methoxy groups -OCH3 is 1. The molecule has 14 heteroatoms. The lowest BCUT2D eigenvalue weighted by molar-refractivity contribution is -0.133. The summed E-state index contributed by atoms with van der Waals surface area (Å²) in [4.78, 5) is 23.7. The van der Waals surface area contributed by atoms with Gasteiger partial charge in [-0.2, -0.15) is 0 Å². The van der Waals surface area contributed by atoms with Gasteiger partial charge in [-0.05, 0) is 62.1 Å². The van der Waals surface area contributed by atoms with Crippen molar-refractivity contribution >= 4 is 69.5 Å². The molecule has 0 unspecified atom stereocenters. The van der Waals surface area contributed by atoms with Crippen LogP contribution in [0.3, 0.4) is 0 Å². The van der Waals surface area contributed by atoms with E-state index in [0.717, 1.165) is 39.1 Å². The first-order chi connectivity index (χ1) is 19.6. The smallest absolute Gasteiger partial charge is 0.341 e. The molecule has 1 saturated heterocycles. The van der Waals surface area contributed by atoms with Gasteiger partial charge >= 0.3 is 5.97 Å². The Morgan fingerprint density at radius 2 is 1.41 bits per heavy atom. The Labute approximate surface area is 260 Å². The highest BCUT2D eigenvalue weighted by Crippen LogP contribution is 2.31. The second-order valence-corrected chi connectivity index (χ2v) is 11.0. The summed E-state index contributed by atoms with van der Waals surface area (Å²) in [6.45, 7) is 3.58. The van der Waals surface area contributed by atoms with Crippen molar-refractivity contribution in [2.24, 2.45) is 0 Å². The van der Waals surface area contributed by atoms with E-state index in [2.05, 4.69) is 15.6 Å². The quantitative estimate of drug-likeness (QED) is 0.227. The van der Waals surface area contributed by atoms with Crippen LogP contribution in [0.2, 0.25) is 15.2 Å². The Kier molecular flexibility index (Phi) is 13.0. The molecule has 2 aliphatic heterocycles. The average molecular weight is 671 g/mol. The second kappa shape index (κ2) is 15.9. The third-order valence-corrected chi connectivity index (χ3v) is 7.35. The lowest BCUT2D eigenvalue weighted by atomic mass is 10.1. The Morgan fingerprint density at radius 3 is 1.88 bits per heavy atom. The van der Waals surface area contributed by atoms with E-state index < -0.39 is 17.6 Å². The van der Waals surface area contributed by atoms with Crippen LogP contribution in [0, 0.1) is 11.6 Å². The van der Waals surface area contributed by atoms with Crippen molar-refractivity contribution < 1.29 is 18.3 Å². The fourth-order valence-corrected chi connectivity index (χ4v) is 5.17. The largest absolute Gasteiger partial charge is 0.465 e. The maximum Gasteiger partial charge on any atom is 0.341 e. The van der Waals surface area contributed by atoms with Gasteiger partial charge in [-0.1, -0.05) is 58.0 Å². The number of aromatic nitrogens is 2. The zero-order chi connectivity index (χ0) is 30.1. The van der Waals surface area contributed by atoms with E-state index in [1.807, 2.05) is 0 Å². The summed E-state index contributed by atoms with van der Waals surface area (Å²) in [6.07, 6.45) is 4.55. The molecule has 222 valence electrons. The molecule has 2 aromatic carbocycles. The number of nitrogens with one attached hydrogen (secondary N) is 2. The van der Waals surface area contributed by atoms with E-state index >= 15 is 0 Å². The Bertz CT molecular complexity index is 1460. The molecule has 3 heterocycles. The van der Waals surface area contributed by atoms with Crippen molar-refractivity contribution in [1.29, 1.82) is 0 Å². The highest BCUT2D eigenvalue weighted by atomic mass is 35.5. The van der Waals surface area contributed by atoms with Gasteiger partial charge in [0, 0.05) is 47.4 Å². The number of carbonyl (C=O) groups excluding carboxylic acids is 1. The Morgan fingerprint density at radius 1 is 0.854 bits per heavy atom. The van der Waals surface area contributed by atoms with Crippen LogP contribution in [0.4, 0.5) is 8.78 Å². The van der Waals surface area contributed by atoms with Crippen molar-refractivity contribution in [1.82, 2.24) is 20.2 Å². The number of halogens is 7. The fraction of sp³-hybridized carbons (Fsp3) is 0.333. The summed E-state index contributed by atoms with van der Waals surface area (Å²) in [6, 6.07) is 8.00. The van der Waals surface area contributed by atoms with Crippen molar-refractivity contribution in [3.8, 4) is 11.1 Å². The lowest BCUT2D eigenvalue weighted by Gasteiger charge is -2.17. The predicted molar refractivity (Wildman–Crippen MR) is 161 cm³/mol. The first-order valence-electron chi connectivity index (χ1n) is 12.6. The van der Waals surface area contributed by atoms with Gasteiger partial charge in [0.05, 0.1) is 18.2 Å². The van der Waals surface area contributed by atoms with Crippen molar-refractivity contribution in [2.75, 3.05) is 20.2 Å². The van der Waals surface area contributed by atoms with E-state index in [0.29, 0.717) is 23.3 Å². The molecule has 0 saturated carbocycles. The zero-order valence-corrected chi connectivity index (χ0v) is 25.7. The van der Waals surface area contributed by atoms with Crippen LogP contribution in [0.15, 0.2) is 45.7 Å². The first-order valence-corrected chi connectivity index (χ1v) is 14.4. The molecular weight excluding hydrogens is 644 g/mol. The number of rotatable bonds is 3. The van der Waals surface area contributed by atoms with Gasteiger partial charge in [-0.3, -0.25) is 20.3 Å². The molecule has 0 bridgehead atoms. The number of esters is 1. The second-order valence-electron chi connectivity index (χ2n) is 8.86. The highest BCUT2D eigenvalue weighted by Gasteiger charge is 2.24. The molecule has 1 fully saturated rings. The molecule has 2 N–H and O–H groups in total. The number of hydrogen-bond acceptors (Lipinski definition) is 5. The average Bonchev–Trinajstić information content (AvgIpc) is 3.21. The van der Waals surface area contributed by atoms with E-state index in [1.54, 1.807) is 15.4 Å². The first kappa shape index (κ1) is 33.4. The summed E-state index contributed by atoms with van der Waals surface area (Å²) >= 11 is 28.6. The van der Waals surface area contributed by atoms with Crippen LogP contribution in [-0.2, 0) is 22.6 Å².